The van der Waals surface area contributed by atoms with Gasteiger partial charge in [-0.05, 0) is 46.0 Å². The third kappa shape index (κ3) is 5.09. The summed E-state index contributed by atoms with van der Waals surface area (Å²) < 4.78 is 5.45. The van der Waals surface area contributed by atoms with Gasteiger partial charge in [-0.3, -0.25) is 0 Å². The van der Waals surface area contributed by atoms with Crippen LogP contribution in [0.2, 0.25) is 5.28 Å². The van der Waals surface area contributed by atoms with E-state index in [1.807, 2.05) is 21.0 Å². The average Bonchev–Trinajstić information content (AvgIpc) is 2.35. The summed E-state index contributed by atoms with van der Waals surface area (Å²) in [7, 11) is 4.08. The summed E-state index contributed by atoms with van der Waals surface area (Å²) in [6.07, 6.45) is 0.896. The molecule has 1 aromatic rings. The highest BCUT2D eigenvalue weighted by Gasteiger charge is 2.18. The second kappa shape index (κ2) is 8.21. The second-order valence-electron chi connectivity index (χ2n) is 4.93. The van der Waals surface area contributed by atoms with Crippen molar-refractivity contribution in [1.82, 2.24) is 19.9 Å². The largest absolute Gasteiger partial charge is 0.463 e. The van der Waals surface area contributed by atoms with Crippen LogP contribution >= 0.6 is 11.6 Å². The van der Waals surface area contributed by atoms with Crippen molar-refractivity contribution >= 4 is 17.5 Å². The fourth-order valence-electron chi connectivity index (χ4n) is 1.99. The molecular weight excluding hydrogens is 278 g/mol. The topological polar surface area (TPSA) is 54.4 Å². The number of likely N-dealkylation sites (N-methyl/N-ethyl adjacent to an activating group) is 2. The van der Waals surface area contributed by atoms with Gasteiger partial charge in [0.05, 0.1) is 6.61 Å². The molecule has 0 fully saturated rings. The minimum absolute atomic E-state index is 0.164. The van der Waals surface area contributed by atoms with Crippen LogP contribution in [0.3, 0.4) is 0 Å². The summed E-state index contributed by atoms with van der Waals surface area (Å²) >= 11 is 5.96. The van der Waals surface area contributed by atoms with Crippen LogP contribution in [0.15, 0.2) is 0 Å². The maximum atomic E-state index is 5.96. The highest BCUT2D eigenvalue weighted by molar-refractivity contribution is 6.28. The Balaban J connectivity index is 2.93. The van der Waals surface area contributed by atoms with Crippen molar-refractivity contribution in [2.45, 2.75) is 33.2 Å². The number of ether oxygens (including phenoxy) is 1. The molecule has 1 rings (SSSR count). The quantitative estimate of drug-likeness (QED) is 0.733. The molecule has 0 aliphatic heterocycles. The fourth-order valence-corrected chi connectivity index (χ4v) is 2.13. The zero-order valence-electron chi connectivity index (χ0n) is 12.9. The molecule has 0 aromatic carbocycles. The van der Waals surface area contributed by atoms with Gasteiger partial charge in [0.15, 0.2) is 0 Å². The van der Waals surface area contributed by atoms with E-state index in [4.69, 9.17) is 16.3 Å². The van der Waals surface area contributed by atoms with E-state index in [-0.39, 0.29) is 17.3 Å². The molecule has 1 heterocycles. The Morgan fingerprint density at radius 1 is 1.20 bits per heavy atom. The third-order valence-electron chi connectivity index (χ3n) is 2.77. The van der Waals surface area contributed by atoms with Gasteiger partial charge in [-0.25, -0.2) is 0 Å². The average molecular weight is 302 g/mol. The minimum Gasteiger partial charge on any atom is -0.463 e. The van der Waals surface area contributed by atoms with E-state index in [0.29, 0.717) is 12.6 Å². The van der Waals surface area contributed by atoms with Gasteiger partial charge in [0, 0.05) is 19.1 Å². The first-order valence-corrected chi connectivity index (χ1v) is 7.31. The Morgan fingerprint density at radius 2 is 1.90 bits per heavy atom. The van der Waals surface area contributed by atoms with Gasteiger partial charge in [-0.1, -0.05) is 6.92 Å². The fraction of sp³-hybridized carbons (Fsp3) is 0.769. The van der Waals surface area contributed by atoms with Gasteiger partial charge < -0.3 is 14.5 Å². The molecule has 114 valence electrons. The highest BCUT2D eigenvalue weighted by Crippen LogP contribution is 2.17. The second-order valence-corrected chi connectivity index (χ2v) is 5.27. The first kappa shape index (κ1) is 16.9. The Morgan fingerprint density at radius 3 is 2.45 bits per heavy atom. The Kier molecular flexibility index (Phi) is 6.95. The zero-order chi connectivity index (χ0) is 15.1. The van der Waals surface area contributed by atoms with Crippen LogP contribution in [0.1, 0.15) is 27.2 Å². The van der Waals surface area contributed by atoms with Crippen molar-refractivity contribution in [3.63, 3.8) is 0 Å². The molecule has 0 radical (unpaired) electrons. The summed E-state index contributed by atoms with van der Waals surface area (Å²) in [5.74, 6) is 0.563. The first-order chi connectivity index (χ1) is 9.47. The van der Waals surface area contributed by atoms with Crippen molar-refractivity contribution in [3.05, 3.63) is 5.28 Å². The number of hydrogen-bond donors (Lipinski definition) is 0. The summed E-state index contributed by atoms with van der Waals surface area (Å²) in [5, 5.41) is 0.164. The van der Waals surface area contributed by atoms with Crippen molar-refractivity contribution in [3.8, 4) is 6.01 Å². The molecular formula is C13H24ClN5O. The molecule has 0 bridgehead atoms. The zero-order valence-corrected chi connectivity index (χ0v) is 13.7. The minimum atomic E-state index is 0.164. The molecule has 1 unspecified atom stereocenters. The normalized spacial score (nSPS) is 12.6. The molecule has 0 aliphatic rings. The van der Waals surface area contributed by atoms with E-state index >= 15 is 0 Å². The first-order valence-electron chi connectivity index (χ1n) is 6.93. The molecule has 7 heteroatoms. The smallest absolute Gasteiger partial charge is 0.322 e. The van der Waals surface area contributed by atoms with E-state index in [2.05, 4.69) is 38.6 Å². The maximum Gasteiger partial charge on any atom is 0.322 e. The lowest BCUT2D eigenvalue weighted by Crippen LogP contribution is -2.41. The Labute approximate surface area is 126 Å². The molecule has 20 heavy (non-hydrogen) atoms. The van der Waals surface area contributed by atoms with Crippen LogP contribution in [0.5, 0.6) is 6.01 Å². The molecule has 0 N–H and O–H groups in total. The number of hydrogen-bond acceptors (Lipinski definition) is 6. The molecule has 1 atom stereocenters. The van der Waals surface area contributed by atoms with Gasteiger partial charge in [-0.2, -0.15) is 15.0 Å². The molecule has 0 amide bonds. The number of nitrogens with zero attached hydrogens (tertiary/aromatic N) is 5. The van der Waals surface area contributed by atoms with Crippen LogP contribution in [-0.4, -0.2) is 59.7 Å². The van der Waals surface area contributed by atoms with Gasteiger partial charge in [0.25, 0.3) is 0 Å². The van der Waals surface area contributed by atoms with Gasteiger partial charge in [-0.15, -0.1) is 0 Å². The van der Waals surface area contributed by atoms with Gasteiger partial charge in [0.2, 0.25) is 11.2 Å². The van der Waals surface area contributed by atoms with E-state index in [9.17, 15) is 0 Å². The van der Waals surface area contributed by atoms with Crippen molar-refractivity contribution < 1.29 is 4.74 Å². The van der Waals surface area contributed by atoms with E-state index in [1.54, 1.807) is 0 Å². The summed E-state index contributed by atoms with van der Waals surface area (Å²) in [6.45, 7) is 8.50. The molecule has 0 saturated heterocycles. The van der Waals surface area contributed by atoms with Crippen LogP contribution in [0.4, 0.5) is 5.95 Å². The lowest BCUT2D eigenvalue weighted by Gasteiger charge is -2.30. The van der Waals surface area contributed by atoms with Crippen LogP contribution < -0.4 is 9.64 Å². The van der Waals surface area contributed by atoms with Crippen molar-refractivity contribution in [1.29, 1.82) is 0 Å². The Hall–Kier alpha value is -1.14. The molecule has 6 nitrogen and oxygen atoms in total. The number of anilines is 1. The third-order valence-corrected chi connectivity index (χ3v) is 2.94. The predicted octanol–water partition coefficient (Wildman–Crippen LogP) is 2.09. The van der Waals surface area contributed by atoms with E-state index in [1.165, 1.54) is 0 Å². The molecule has 0 saturated carbocycles. The highest BCUT2D eigenvalue weighted by atomic mass is 35.5. The number of halogens is 1. The predicted molar refractivity (Wildman–Crippen MR) is 81.7 cm³/mol. The lowest BCUT2D eigenvalue weighted by molar-refractivity contribution is 0.290. The van der Waals surface area contributed by atoms with Crippen molar-refractivity contribution in [2.24, 2.45) is 0 Å². The summed E-state index contributed by atoms with van der Waals surface area (Å²) in [6, 6.07) is 0.560. The van der Waals surface area contributed by atoms with Crippen LogP contribution in [-0.2, 0) is 0 Å². The van der Waals surface area contributed by atoms with Crippen molar-refractivity contribution in [2.75, 3.05) is 38.7 Å². The maximum absolute atomic E-state index is 5.96. The monoisotopic (exact) mass is 301 g/mol. The van der Waals surface area contributed by atoms with E-state index in [0.717, 1.165) is 19.5 Å². The lowest BCUT2D eigenvalue weighted by atomic mass is 10.3. The van der Waals surface area contributed by atoms with Gasteiger partial charge in [0.1, 0.15) is 0 Å². The van der Waals surface area contributed by atoms with Crippen LogP contribution in [0.25, 0.3) is 0 Å². The molecule has 0 aliphatic carbocycles. The van der Waals surface area contributed by atoms with E-state index < -0.39 is 0 Å². The van der Waals surface area contributed by atoms with Crippen LogP contribution in [0, 0.1) is 0 Å². The SMILES string of the molecule is CCCOc1nc(Cl)nc(N(CC)C(C)CN(C)C)n1. The summed E-state index contributed by atoms with van der Waals surface area (Å²) in [5.41, 5.74) is 0. The Bertz CT molecular complexity index is 416. The molecule has 0 spiro atoms. The molecule has 1 aromatic heterocycles. The van der Waals surface area contributed by atoms with Gasteiger partial charge >= 0.3 is 6.01 Å². The number of aromatic nitrogens is 3. The summed E-state index contributed by atoms with van der Waals surface area (Å²) in [4.78, 5) is 16.8. The standard InChI is InChI=1S/C13H24ClN5O/c1-6-8-20-13-16-11(14)15-12(17-13)19(7-2)10(3)9-18(4)5/h10H,6-9H2,1-5H3. The number of rotatable bonds is 8.